The van der Waals surface area contributed by atoms with Crippen molar-refractivity contribution in [3.63, 3.8) is 0 Å². The van der Waals surface area contributed by atoms with Gasteiger partial charge in [0.05, 0.1) is 39.7 Å². The molecule has 0 saturated heterocycles. The van der Waals surface area contributed by atoms with Crippen molar-refractivity contribution in [2.75, 3.05) is 5.73 Å². The summed E-state index contributed by atoms with van der Waals surface area (Å²) in [7, 11) is 0. The summed E-state index contributed by atoms with van der Waals surface area (Å²) in [6.07, 6.45) is -3.09. The fourth-order valence-electron chi connectivity index (χ4n) is 4.54. The number of aromatic amines is 2. The molecule has 0 amide bonds. The van der Waals surface area contributed by atoms with Gasteiger partial charge in [0, 0.05) is 10.9 Å². The largest absolute Gasteiger partial charge is 0.417 e. The zero-order chi connectivity index (χ0) is 25.9. The highest BCUT2D eigenvalue weighted by atomic mass is 19.4. The SMILES string of the molecule is Cc1nc2cc(-n3ncc(C(=O)c4cc5cc(-c6ccccc6C(F)(F)F)ccc5[nH]4)c3N)ccc2[nH]1. The van der Waals surface area contributed by atoms with Crippen LogP contribution in [0.1, 0.15) is 27.4 Å². The minimum absolute atomic E-state index is 0.0700. The van der Waals surface area contributed by atoms with Crippen LogP contribution in [0, 0.1) is 6.92 Å². The molecular weight excluding hydrogens is 481 g/mol. The minimum Gasteiger partial charge on any atom is -0.383 e. The Hall–Kier alpha value is -4.86. The van der Waals surface area contributed by atoms with Gasteiger partial charge in [-0.05, 0) is 60.5 Å². The Balaban J connectivity index is 1.35. The third-order valence-corrected chi connectivity index (χ3v) is 6.29. The predicted octanol–water partition coefficient (Wildman–Crippen LogP) is 6.04. The smallest absolute Gasteiger partial charge is 0.383 e. The molecule has 7 nitrogen and oxygen atoms in total. The van der Waals surface area contributed by atoms with Gasteiger partial charge in [-0.2, -0.15) is 18.3 Å². The second-order valence-corrected chi connectivity index (χ2v) is 8.74. The maximum absolute atomic E-state index is 13.5. The Morgan fingerprint density at radius 2 is 1.76 bits per heavy atom. The Kier molecular flexibility index (Phi) is 4.94. The third-order valence-electron chi connectivity index (χ3n) is 6.29. The Morgan fingerprint density at radius 3 is 2.57 bits per heavy atom. The molecule has 0 radical (unpaired) electrons. The van der Waals surface area contributed by atoms with Crippen LogP contribution in [0.25, 0.3) is 38.8 Å². The van der Waals surface area contributed by atoms with Crippen LogP contribution in [0.2, 0.25) is 0 Å². The minimum atomic E-state index is -4.48. The first kappa shape index (κ1) is 22.6. The van der Waals surface area contributed by atoms with Crippen molar-refractivity contribution in [2.45, 2.75) is 13.1 Å². The van der Waals surface area contributed by atoms with Crippen molar-refractivity contribution in [1.82, 2.24) is 24.7 Å². The molecule has 184 valence electrons. The highest BCUT2D eigenvalue weighted by Crippen LogP contribution is 2.38. The van der Waals surface area contributed by atoms with E-state index in [-0.39, 0.29) is 28.4 Å². The number of nitrogen functional groups attached to an aromatic ring is 1. The van der Waals surface area contributed by atoms with Gasteiger partial charge in [-0.25, -0.2) is 9.67 Å². The van der Waals surface area contributed by atoms with Crippen LogP contribution in [0.3, 0.4) is 0 Å². The van der Waals surface area contributed by atoms with Gasteiger partial charge in [0.2, 0.25) is 5.78 Å². The van der Waals surface area contributed by atoms with Crippen molar-refractivity contribution in [1.29, 1.82) is 0 Å². The van der Waals surface area contributed by atoms with Gasteiger partial charge >= 0.3 is 6.18 Å². The predicted molar refractivity (Wildman–Crippen MR) is 135 cm³/mol. The number of imidazole rings is 1. The first-order valence-electron chi connectivity index (χ1n) is 11.3. The molecule has 4 N–H and O–H groups in total. The Morgan fingerprint density at radius 1 is 0.973 bits per heavy atom. The molecule has 0 unspecified atom stereocenters. The van der Waals surface area contributed by atoms with E-state index in [4.69, 9.17) is 5.73 Å². The fraction of sp³-hybridized carbons (Fsp3) is 0.0741. The second-order valence-electron chi connectivity index (χ2n) is 8.74. The summed E-state index contributed by atoms with van der Waals surface area (Å²) in [6.45, 7) is 1.86. The van der Waals surface area contributed by atoms with Gasteiger partial charge in [-0.1, -0.05) is 24.3 Å². The topological polar surface area (TPSA) is 105 Å². The van der Waals surface area contributed by atoms with Crippen LogP contribution in [0.5, 0.6) is 0 Å². The van der Waals surface area contributed by atoms with Gasteiger partial charge in [0.25, 0.3) is 0 Å². The van der Waals surface area contributed by atoms with Gasteiger partial charge in [0.1, 0.15) is 11.6 Å². The maximum Gasteiger partial charge on any atom is 0.417 e. The van der Waals surface area contributed by atoms with Crippen molar-refractivity contribution in [3.8, 4) is 16.8 Å². The van der Waals surface area contributed by atoms with E-state index >= 15 is 0 Å². The molecule has 0 bridgehead atoms. The molecule has 0 aliphatic rings. The molecule has 0 atom stereocenters. The van der Waals surface area contributed by atoms with E-state index in [1.807, 2.05) is 25.1 Å². The molecular formula is C27H19F3N6O. The van der Waals surface area contributed by atoms with Crippen molar-refractivity contribution < 1.29 is 18.0 Å². The number of rotatable bonds is 4. The zero-order valence-electron chi connectivity index (χ0n) is 19.4. The number of nitrogens with zero attached hydrogens (tertiary/aromatic N) is 3. The lowest BCUT2D eigenvalue weighted by Gasteiger charge is -2.12. The van der Waals surface area contributed by atoms with Crippen LogP contribution in [-0.2, 0) is 6.18 Å². The number of ketones is 1. The van der Waals surface area contributed by atoms with Crippen molar-refractivity contribution in [2.24, 2.45) is 0 Å². The molecule has 3 aromatic carbocycles. The number of aromatic nitrogens is 5. The number of fused-ring (bicyclic) bond motifs is 2. The van der Waals surface area contributed by atoms with Crippen molar-refractivity contribution >= 4 is 33.5 Å². The first-order chi connectivity index (χ1) is 17.7. The summed E-state index contributed by atoms with van der Waals surface area (Å²) < 4.78 is 42.0. The summed E-state index contributed by atoms with van der Waals surface area (Å²) in [6, 6.07) is 17.4. The van der Waals surface area contributed by atoms with Crippen molar-refractivity contribution in [3.05, 3.63) is 95.6 Å². The number of hydrogen-bond acceptors (Lipinski definition) is 4. The molecule has 3 aromatic heterocycles. The average Bonchev–Trinajstić information content (AvgIpc) is 3.57. The Labute approximate surface area is 207 Å². The van der Waals surface area contributed by atoms with Gasteiger partial charge in [-0.3, -0.25) is 4.79 Å². The van der Waals surface area contributed by atoms with Gasteiger partial charge in [-0.15, -0.1) is 0 Å². The summed E-state index contributed by atoms with van der Waals surface area (Å²) in [5.74, 6) is 0.559. The average molecular weight is 500 g/mol. The number of nitrogens with two attached hydrogens (primary N) is 1. The van der Waals surface area contributed by atoms with E-state index in [0.29, 0.717) is 22.2 Å². The van der Waals surface area contributed by atoms with E-state index < -0.39 is 11.7 Å². The molecule has 0 spiro atoms. The highest BCUT2D eigenvalue weighted by molar-refractivity contribution is 6.12. The number of H-pyrrole nitrogens is 2. The van der Waals surface area contributed by atoms with E-state index in [1.165, 1.54) is 23.0 Å². The van der Waals surface area contributed by atoms with E-state index in [0.717, 1.165) is 22.9 Å². The molecule has 6 rings (SSSR count). The monoisotopic (exact) mass is 500 g/mol. The number of anilines is 1. The number of nitrogens with one attached hydrogen (secondary N) is 2. The summed E-state index contributed by atoms with van der Waals surface area (Å²) in [5.41, 5.74) is 9.39. The van der Waals surface area contributed by atoms with Crippen LogP contribution < -0.4 is 5.73 Å². The number of carbonyl (C=O) groups excluding carboxylic acids is 1. The molecule has 0 aliphatic carbocycles. The second kappa shape index (κ2) is 8.09. The van der Waals surface area contributed by atoms with E-state index in [2.05, 4.69) is 20.1 Å². The lowest BCUT2D eigenvalue weighted by Crippen LogP contribution is -2.07. The molecule has 0 saturated carbocycles. The highest BCUT2D eigenvalue weighted by Gasteiger charge is 2.33. The number of benzene rings is 3. The zero-order valence-corrected chi connectivity index (χ0v) is 19.4. The molecule has 0 fully saturated rings. The fourth-order valence-corrected chi connectivity index (χ4v) is 4.54. The van der Waals surface area contributed by atoms with E-state index in [9.17, 15) is 18.0 Å². The van der Waals surface area contributed by atoms with Gasteiger partial charge in [0.15, 0.2) is 0 Å². The lowest BCUT2D eigenvalue weighted by molar-refractivity contribution is -0.137. The van der Waals surface area contributed by atoms with E-state index in [1.54, 1.807) is 30.3 Å². The third kappa shape index (κ3) is 3.83. The molecule has 3 heterocycles. The van der Waals surface area contributed by atoms with Crippen LogP contribution >= 0.6 is 0 Å². The van der Waals surface area contributed by atoms with Crippen LogP contribution in [0.4, 0.5) is 19.0 Å². The number of carbonyl (C=O) groups is 1. The molecule has 37 heavy (non-hydrogen) atoms. The molecule has 10 heteroatoms. The standard InChI is InChI=1S/C27H19F3N6O/c1-14-33-22-9-7-17(12-23(22)34-14)36-26(31)19(13-32-36)25(37)24-11-16-10-15(6-8-21(16)35-24)18-4-2-3-5-20(18)27(28,29)30/h2-13,35H,31H2,1H3,(H,33,34). The molecule has 6 aromatic rings. The summed E-state index contributed by atoms with van der Waals surface area (Å²) >= 11 is 0. The van der Waals surface area contributed by atoms with Crippen LogP contribution in [0.15, 0.2) is 72.9 Å². The maximum atomic E-state index is 13.5. The van der Waals surface area contributed by atoms with Crippen LogP contribution in [-0.4, -0.2) is 30.5 Å². The summed E-state index contributed by atoms with van der Waals surface area (Å²) in [4.78, 5) is 23.9. The number of hydrogen-bond donors (Lipinski definition) is 3. The number of alkyl halides is 3. The van der Waals surface area contributed by atoms with Gasteiger partial charge < -0.3 is 15.7 Å². The molecule has 0 aliphatic heterocycles. The first-order valence-corrected chi connectivity index (χ1v) is 11.3. The number of halogens is 3. The summed E-state index contributed by atoms with van der Waals surface area (Å²) in [5, 5.41) is 4.90. The quantitative estimate of drug-likeness (QED) is 0.257. The number of aryl methyl sites for hydroxylation is 1. The normalized spacial score (nSPS) is 12.0. The Bertz CT molecular complexity index is 1830. The lowest BCUT2D eigenvalue weighted by atomic mass is 9.98.